The molecule has 0 aliphatic rings. The van der Waals surface area contributed by atoms with Gasteiger partial charge in [-0.05, 0) is 12.1 Å². The standard InChI is InChI=1S/C10H10ClN3O2/c11-10-8(2-1-5-13-10)14(7-4-12)6-3-9(15)16/h1-2,5H,3,6-7H2,(H,15,16). The molecule has 1 rings (SSSR count). The minimum absolute atomic E-state index is 0.0487. The first-order valence-corrected chi connectivity index (χ1v) is 4.97. The predicted octanol–water partition coefficient (Wildman–Crippen LogP) is 1.54. The molecule has 0 bridgehead atoms. The summed E-state index contributed by atoms with van der Waals surface area (Å²) in [4.78, 5) is 15.9. The van der Waals surface area contributed by atoms with E-state index in [0.717, 1.165) is 0 Å². The number of hydrogen-bond acceptors (Lipinski definition) is 4. The van der Waals surface area contributed by atoms with Crippen LogP contribution in [0.3, 0.4) is 0 Å². The minimum Gasteiger partial charge on any atom is -0.481 e. The number of hydrogen-bond donors (Lipinski definition) is 1. The number of halogens is 1. The average molecular weight is 240 g/mol. The first-order valence-electron chi connectivity index (χ1n) is 4.59. The molecule has 5 nitrogen and oxygen atoms in total. The Morgan fingerprint density at radius 1 is 1.69 bits per heavy atom. The summed E-state index contributed by atoms with van der Waals surface area (Å²) in [6.07, 6.45) is 1.49. The summed E-state index contributed by atoms with van der Waals surface area (Å²) >= 11 is 5.86. The maximum absolute atomic E-state index is 10.5. The molecule has 0 fully saturated rings. The van der Waals surface area contributed by atoms with Crippen molar-refractivity contribution in [2.45, 2.75) is 6.42 Å². The molecular weight excluding hydrogens is 230 g/mol. The number of carbonyl (C=O) groups is 1. The normalized spacial score (nSPS) is 9.50. The number of nitriles is 1. The van der Waals surface area contributed by atoms with Crippen LogP contribution in [-0.2, 0) is 4.79 Å². The quantitative estimate of drug-likeness (QED) is 0.623. The molecule has 1 aromatic heterocycles. The summed E-state index contributed by atoms with van der Waals surface area (Å²) in [6, 6.07) is 5.35. The highest BCUT2D eigenvalue weighted by molar-refractivity contribution is 6.32. The van der Waals surface area contributed by atoms with Gasteiger partial charge in [-0.3, -0.25) is 4.79 Å². The molecule has 0 spiro atoms. The summed E-state index contributed by atoms with van der Waals surface area (Å²) in [5.74, 6) is -0.914. The van der Waals surface area contributed by atoms with E-state index < -0.39 is 5.97 Å². The van der Waals surface area contributed by atoms with Gasteiger partial charge in [0, 0.05) is 12.7 Å². The number of anilines is 1. The molecule has 1 N–H and O–H groups in total. The Balaban J connectivity index is 2.81. The van der Waals surface area contributed by atoms with E-state index in [2.05, 4.69) is 4.98 Å². The van der Waals surface area contributed by atoms with Gasteiger partial charge in [-0.1, -0.05) is 11.6 Å². The van der Waals surface area contributed by atoms with Crippen molar-refractivity contribution in [1.82, 2.24) is 4.98 Å². The van der Waals surface area contributed by atoms with Crippen LogP contribution < -0.4 is 4.90 Å². The zero-order chi connectivity index (χ0) is 12.0. The van der Waals surface area contributed by atoms with Crippen LogP contribution >= 0.6 is 11.6 Å². The molecular formula is C10H10ClN3O2. The van der Waals surface area contributed by atoms with Crippen LogP contribution in [0.15, 0.2) is 18.3 Å². The summed E-state index contributed by atoms with van der Waals surface area (Å²) in [5.41, 5.74) is 0.576. The molecule has 0 radical (unpaired) electrons. The summed E-state index contributed by atoms with van der Waals surface area (Å²) in [7, 11) is 0. The predicted molar refractivity (Wildman–Crippen MR) is 59.3 cm³/mol. The van der Waals surface area contributed by atoms with Crippen LogP contribution in [0.4, 0.5) is 5.69 Å². The smallest absolute Gasteiger partial charge is 0.305 e. The lowest BCUT2D eigenvalue weighted by atomic mass is 10.3. The van der Waals surface area contributed by atoms with Crippen LogP contribution in [0, 0.1) is 11.3 Å². The van der Waals surface area contributed by atoms with Crippen molar-refractivity contribution in [3.8, 4) is 6.07 Å². The Labute approximate surface area is 97.9 Å². The largest absolute Gasteiger partial charge is 0.481 e. The fourth-order valence-electron chi connectivity index (χ4n) is 1.21. The van der Waals surface area contributed by atoms with Gasteiger partial charge in [0.25, 0.3) is 0 Å². The Morgan fingerprint density at radius 2 is 2.44 bits per heavy atom. The molecule has 0 saturated carbocycles. The van der Waals surface area contributed by atoms with Crippen molar-refractivity contribution in [2.24, 2.45) is 0 Å². The Bertz CT molecular complexity index is 417. The van der Waals surface area contributed by atoms with Gasteiger partial charge in [-0.25, -0.2) is 4.98 Å². The van der Waals surface area contributed by atoms with Crippen molar-refractivity contribution >= 4 is 23.3 Å². The van der Waals surface area contributed by atoms with Crippen molar-refractivity contribution < 1.29 is 9.90 Å². The Hall–Kier alpha value is -1.80. The molecule has 0 aliphatic carbocycles. The lowest BCUT2D eigenvalue weighted by Crippen LogP contribution is -2.26. The van der Waals surface area contributed by atoms with E-state index in [1.54, 1.807) is 17.0 Å². The number of pyridine rings is 1. The number of carboxylic acid groups (broad SMARTS) is 1. The Kier molecular flexibility index (Phi) is 4.55. The summed E-state index contributed by atoms with van der Waals surface area (Å²) in [5, 5.41) is 17.5. The summed E-state index contributed by atoms with van der Waals surface area (Å²) < 4.78 is 0. The molecule has 1 aromatic rings. The Morgan fingerprint density at radius 3 is 3.00 bits per heavy atom. The van der Waals surface area contributed by atoms with E-state index in [9.17, 15) is 4.79 Å². The molecule has 0 atom stereocenters. The molecule has 84 valence electrons. The van der Waals surface area contributed by atoms with E-state index in [0.29, 0.717) is 5.69 Å². The number of aromatic nitrogens is 1. The fraction of sp³-hybridized carbons (Fsp3) is 0.300. The molecule has 0 saturated heterocycles. The lowest BCUT2D eigenvalue weighted by molar-refractivity contribution is -0.136. The SMILES string of the molecule is N#CCN(CCC(=O)O)c1cccnc1Cl. The second kappa shape index (κ2) is 5.93. The molecule has 6 heteroatoms. The highest BCUT2D eigenvalue weighted by atomic mass is 35.5. The second-order valence-corrected chi connectivity index (χ2v) is 3.39. The number of rotatable bonds is 5. The second-order valence-electron chi connectivity index (χ2n) is 3.04. The first-order chi connectivity index (χ1) is 7.65. The van der Waals surface area contributed by atoms with Gasteiger partial charge >= 0.3 is 5.97 Å². The zero-order valence-corrected chi connectivity index (χ0v) is 9.18. The van der Waals surface area contributed by atoms with Gasteiger partial charge in [0.15, 0.2) is 5.15 Å². The van der Waals surface area contributed by atoms with E-state index >= 15 is 0 Å². The van der Waals surface area contributed by atoms with E-state index in [4.69, 9.17) is 22.0 Å². The zero-order valence-electron chi connectivity index (χ0n) is 8.43. The van der Waals surface area contributed by atoms with Crippen molar-refractivity contribution in [3.63, 3.8) is 0 Å². The number of nitrogens with zero attached hydrogens (tertiary/aromatic N) is 3. The molecule has 0 aliphatic heterocycles. The first kappa shape index (κ1) is 12.3. The van der Waals surface area contributed by atoms with Crippen LogP contribution in [-0.4, -0.2) is 29.1 Å². The fourth-order valence-corrected chi connectivity index (χ4v) is 1.45. The van der Waals surface area contributed by atoms with Crippen LogP contribution in [0.5, 0.6) is 0 Å². The third kappa shape index (κ3) is 3.41. The van der Waals surface area contributed by atoms with Crippen molar-refractivity contribution in [3.05, 3.63) is 23.5 Å². The lowest BCUT2D eigenvalue weighted by Gasteiger charge is -2.21. The topological polar surface area (TPSA) is 77.2 Å². The molecule has 0 aromatic carbocycles. The van der Waals surface area contributed by atoms with Gasteiger partial charge in [-0.2, -0.15) is 5.26 Å². The van der Waals surface area contributed by atoms with Gasteiger partial charge in [0.1, 0.15) is 6.54 Å². The van der Waals surface area contributed by atoms with Crippen LogP contribution in [0.2, 0.25) is 5.15 Å². The van der Waals surface area contributed by atoms with E-state index in [1.807, 2.05) is 6.07 Å². The summed E-state index contributed by atoms with van der Waals surface area (Å²) in [6.45, 7) is 0.312. The van der Waals surface area contributed by atoms with E-state index in [-0.39, 0.29) is 24.7 Å². The highest BCUT2D eigenvalue weighted by Gasteiger charge is 2.11. The molecule has 0 amide bonds. The molecule has 1 heterocycles. The van der Waals surface area contributed by atoms with Crippen molar-refractivity contribution in [2.75, 3.05) is 18.0 Å². The molecule has 0 unspecified atom stereocenters. The van der Waals surface area contributed by atoms with Gasteiger partial charge in [0.2, 0.25) is 0 Å². The molecule has 16 heavy (non-hydrogen) atoms. The number of carboxylic acids is 1. The monoisotopic (exact) mass is 239 g/mol. The number of aliphatic carboxylic acids is 1. The van der Waals surface area contributed by atoms with Gasteiger partial charge in [0.05, 0.1) is 18.2 Å². The third-order valence-corrected chi connectivity index (χ3v) is 2.23. The van der Waals surface area contributed by atoms with Gasteiger partial charge < -0.3 is 10.0 Å². The average Bonchev–Trinajstić information content (AvgIpc) is 2.25. The van der Waals surface area contributed by atoms with Gasteiger partial charge in [-0.15, -0.1) is 0 Å². The minimum atomic E-state index is -0.914. The highest BCUT2D eigenvalue weighted by Crippen LogP contribution is 2.22. The third-order valence-electron chi connectivity index (χ3n) is 1.94. The maximum Gasteiger partial charge on any atom is 0.305 e. The van der Waals surface area contributed by atoms with Crippen molar-refractivity contribution in [1.29, 1.82) is 5.26 Å². The van der Waals surface area contributed by atoms with E-state index in [1.165, 1.54) is 6.20 Å². The van der Waals surface area contributed by atoms with Crippen LogP contribution in [0.1, 0.15) is 6.42 Å². The van der Waals surface area contributed by atoms with Crippen LogP contribution in [0.25, 0.3) is 0 Å². The maximum atomic E-state index is 10.5.